The maximum atomic E-state index is 14.1. The molecular formula is C19H18FN3O2. The number of carbonyl (C=O) groups is 1. The van der Waals surface area contributed by atoms with Crippen LogP contribution in [-0.4, -0.2) is 22.3 Å². The van der Waals surface area contributed by atoms with E-state index in [1.54, 1.807) is 31.2 Å². The van der Waals surface area contributed by atoms with E-state index in [2.05, 4.69) is 10.6 Å². The first kappa shape index (κ1) is 16.9. The Morgan fingerprint density at radius 1 is 1.20 bits per heavy atom. The van der Waals surface area contributed by atoms with Crippen LogP contribution in [0.15, 0.2) is 54.6 Å². The van der Waals surface area contributed by atoms with Gasteiger partial charge in [-0.25, -0.2) is 14.6 Å². The second kappa shape index (κ2) is 7.27. The van der Waals surface area contributed by atoms with Crippen molar-refractivity contribution in [1.29, 1.82) is 0 Å². The summed E-state index contributed by atoms with van der Waals surface area (Å²) in [6.45, 7) is 4.05. The summed E-state index contributed by atoms with van der Waals surface area (Å²) in [5, 5.41) is 4.44. The molecule has 0 radical (unpaired) electrons. The predicted octanol–water partition coefficient (Wildman–Crippen LogP) is 3.67. The molecule has 3 rings (SSSR count). The Morgan fingerprint density at radius 3 is 2.72 bits per heavy atom. The molecule has 0 spiro atoms. The van der Waals surface area contributed by atoms with Crippen molar-refractivity contribution in [2.45, 2.75) is 13.8 Å². The van der Waals surface area contributed by atoms with Gasteiger partial charge in [-0.15, -0.1) is 0 Å². The van der Waals surface area contributed by atoms with E-state index in [0.717, 1.165) is 5.56 Å². The Hall–Kier alpha value is -2.99. The Labute approximate surface area is 145 Å². The number of amides is 1. The Kier molecular flexibility index (Phi) is 4.90. The van der Waals surface area contributed by atoms with Crippen LogP contribution in [-0.2, 0) is 4.84 Å². The summed E-state index contributed by atoms with van der Waals surface area (Å²) >= 11 is 0. The van der Waals surface area contributed by atoms with Crippen molar-refractivity contribution < 1.29 is 14.0 Å². The fraction of sp³-hybridized carbons (Fsp3) is 0.158. The monoisotopic (exact) mass is 339 g/mol. The van der Waals surface area contributed by atoms with Gasteiger partial charge in [0.05, 0.1) is 18.0 Å². The molecule has 1 amide bonds. The molecule has 25 heavy (non-hydrogen) atoms. The van der Waals surface area contributed by atoms with Gasteiger partial charge in [-0.05, 0) is 49.7 Å². The van der Waals surface area contributed by atoms with Crippen LogP contribution < -0.4 is 5.48 Å². The fourth-order valence-electron chi connectivity index (χ4n) is 2.49. The third kappa shape index (κ3) is 3.59. The summed E-state index contributed by atoms with van der Waals surface area (Å²) in [6, 6.07) is 15.4. The van der Waals surface area contributed by atoms with E-state index in [1.807, 2.05) is 31.2 Å². The summed E-state index contributed by atoms with van der Waals surface area (Å²) in [5.41, 5.74) is 5.07. The molecule has 0 fully saturated rings. The molecule has 6 heteroatoms. The smallest absolute Gasteiger partial charge is 0.274 e. The highest BCUT2D eigenvalue weighted by Crippen LogP contribution is 2.24. The van der Waals surface area contributed by atoms with Crippen LogP contribution in [0.5, 0.6) is 0 Å². The molecule has 0 bridgehead atoms. The van der Waals surface area contributed by atoms with Crippen LogP contribution >= 0.6 is 0 Å². The molecule has 3 aromatic rings. The molecule has 5 nitrogen and oxygen atoms in total. The maximum Gasteiger partial charge on any atom is 0.293 e. The number of benzene rings is 2. The van der Waals surface area contributed by atoms with Gasteiger partial charge in [0.1, 0.15) is 11.5 Å². The largest absolute Gasteiger partial charge is 0.293 e. The van der Waals surface area contributed by atoms with E-state index < -0.39 is 11.7 Å². The molecule has 0 atom stereocenters. The van der Waals surface area contributed by atoms with Gasteiger partial charge < -0.3 is 0 Å². The number of hydroxylamine groups is 1. The number of carbonyl (C=O) groups excluding carboxylic acids is 1. The van der Waals surface area contributed by atoms with Gasteiger partial charge in [0.25, 0.3) is 5.91 Å². The summed E-state index contributed by atoms with van der Waals surface area (Å²) < 4.78 is 15.6. The molecule has 1 N–H and O–H groups in total. The van der Waals surface area contributed by atoms with E-state index in [-0.39, 0.29) is 5.69 Å². The molecular weight excluding hydrogens is 321 g/mol. The zero-order valence-electron chi connectivity index (χ0n) is 14.0. The van der Waals surface area contributed by atoms with Crippen molar-refractivity contribution in [3.8, 4) is 16.9 Å². The number of hydrogen-bond donors (Lipinski definition) is 1. The highest BCUT2D eigenvalue weighted by molar-refractivity contribution is 5.93. The molecule has 1 aromatic heterocycles. The maximum absolute atomic E-state index is 14.1. The van der Waals surface area contributed by atoms with Crippen LogP contribution in [0.4, 0.5) is 4.39 Å². The van der Waals surface area contributed by atoms with E-state index in [1.165, 1.54) is 10.7 Å². The topological polar surface area (TPSA) is 56.1 Å². The molecule has 128 valence electrons. The minimum atomic E-state index is -0.446. The highest BCUT2D eigenvalue weighted by Gasteiger charge is 2.19. The van der Waals surface area contributed by atoms with Crippen molar-refractivity contribution >= 4 is 5.91 Å². The SMILES string of the molecule is CCONC(=O)c1cc(-c2ccccc2F)nn1-c1cccc(C)c1. The van der Waals surface area contributed by atoms with Crippen LogP contribution in [0, 0.1) is 12.7 Å². The highest BCUT2D eigenvalue weighted by atomic mass is 19.1. The summed E-state index contributed by atoms with van der Waals surface area (Å²) in [6.07, 6.45) is 0. The molecule has 2 aromatic carbocycles. The summed E-state index contributed by atoms with van der Waals surface area (Å²) in [7, 11) is 0. The van der Waals surface area contributed by atoms with Crippen molar-refractivity contribution in [3.05, 3.63) is 71.7 Å². The second-order valence-corrected chi connectivity index (χ2v) is 5.51. The van der Waals surface area contributed by atoms with E-state index in [4.69, 9.17) is 4.84 Å². The number of nitrogens with zero attached hydrogens (tertiary/aromatic N) is 2. The first-order valence-corrected chi connectivity index (χ1v) is 7.94. The molecule has 0 aliphatic heterocycles. The van der Waals surface area contributed by atoms with Crippen LogP contribution in [0.25, 0.3) is 16.9 Å². The predicted molar refractivity (Wildman–Crippen MR) is 92.8 cm³/mol. The van der Waals surface area contributed by atoms with Crippen molar-refractivity contribution in [3.63, 3.8) is 0 Å². The van der Waals surface area contributed by atoms with Crippen LogP contribution in [0.2, 0.25) is 0 Å². The lowest BCUT2D eigenvalue weighted by Gasteiger charge is -2.08. The average molecular weight is 339 g/mol. The van der Waals surface area contributed by atoms with Gasteiger partial charge >= 0.3 is 0 Å². The van der Waals surface area contributed by atoms with Crippen molar-refractivity contribution in [1.82, 2.24) is 15.3 Å². The van der Waals surface area contributed by atoms with E-state index in [9.17, 15) is 9.18 Å². The number of hydrogen-bond acceptors (Lipinski definition) is 3. The lowest BCUT2D eigenvalue weighted by atomic mass is 10.1. The number of aryl methyl sites for hydroxylation is 1. The summed E-state index contributed by atoms with van der Waals surface area (Å²) in [5.74, 6) is -0.841. The van der Waals surface area contributed by atoms with Crippen LogP contribution in [0.1, 0.15) is 23.0 Å². The molecule has 0 saturated carbocycles. The second-order valence-electron chi connectivity index (χ2n) is 5.51. The zero-order chi connectivity index (χ0) is 17.8. The van der Waals surface area contributed by atoms with Crippen molar-refractivity contribution in [2.24, 2.45) is 0 Å². The first-order chi connectivity index (χ1) is 12.1. The fourth-order valence-corrected chi connectivity index (χ4v) is 2.49. The number of aromatic nitrogens is 2. The summed E-state index contributed by atoms with van der Waals surface area (Å²) in [4.78, 5) is 17.4. The first-order valence-electron chi connectivity index (χ1n) is 7.94. The molecule has 0 aliphatic carbocycles. The van der Waals surface area contributed by atoms with Gasteiger partial charge in [0, 0.05) is 5.56 Å². The minimum Gasteiger partial charge on any atom is -0.274 e. The lowest BCUT2D eigenvalue weighted by molar-refractivity contribution is 0.0357. The normalized spacial score (nSPS) is 10.7. The van der Waals surface area contributed by atoms with Gasteiger partial charge in [-0.2, -0.15) is 5.10 Å². The Balaban J connectivity index is 2.11. The zero-order valence-corrected chi connectivity index (χ0v) is 14.0. The Bertz CT molecular complexity index is 905. The lowest BCUT2D eigenvalue weighted by Crippen LogP contribution is -2.26. The van der Waals surface area contributed by atoms with Gasteiger partial charge in [0.2, 0.25) is 0 Å². The van der Waals surface area contributed by atoms with Crippen molar-refractivity contribution in [2.75, 3.05) is 6.61 Å². The molecule has 0 aliphatic rings. The van der Waals surface area contributed by atoms with E-state index >= 15 is 0 Å². The number of halogens is 1. The molecule has 1 heterocycles. The average Bonchev–Trinajstić information content (AvgIpc) is 3.05. The number of nitrogens with one attached hydrogen (secondary N) is 1. The third-order valence-electron chi connectivity index (χ3n) is 3.65. The van der Waals surface area contributed by atoms with Gasteiger partial charge in [-0.1, -0.05) is 24.3 Å². The molecule has 0 saturated heterocycles. The van der Waals surface area contributed by atoms with Gasteiger partial charge in [0.15, 0.2) is 0 Å². The van der Waals surface area contributed by atoms with Gasteiger partial charge in [-0.3, -0.25) is 9.63 Å². The van der Waals surface area contributed by atoms with Crippen LogP contribution in [0.3, 0.4) is 0 Å². The number of rotatable bonds is 5. The minimum absolute atomic E-state index is 0.261. The quantitative estimate of drug-likeness (QED) is 0.722. The standard InChI is InChI=1S/C19H18FN3O2/c1-3-25-22-19(24)18-12-17(15-9-4-5-10-16(15)20)21-23(18)14-8-6-7-13(2)11-14/h4-12H,3H2,1-2H3,(H,22,24). The third-order valence-corrected chi connectivity index (χ3v) is 3.65. The Morgan fingerprint density at radius 2 is 2.00 bits per heavy atom. The molecule has 0 unspecified atom stereocenters. The van der Waals surface area contributed by atoms with E-state index in [0.29, 0.717) is 23.6 Å².